The maximum atomic E-state index is 5.81. The van der Waals surface area contributed by atoms with Crippen molar-refractivity contribution < 1.29 is 0 Å². The van der Waals surface area contributed by atoms with E-state index in [0.717, 1.165) is 13.0 Å². The minimum Gasteiger partial charge on any atom is -0.271 e. The molecule has 1 fully saturated rings. The predicted molar refractivity (Wildman–Crippen MR) is 80.7 cm³/mol. The molecule has 0 saturated carbocycles. The van der Waals surface area contributed by atoms with Gasteiger partial charge in [-0.05, 0) is 12.5 Å². The van der Waals surface area contributed by atoms with E-state index in [1.54, 1.807) is 0 Å². The number of nitrogens with one attached hydrogen (secondary N) is 1. The fourth-order valence-electron chi connectivity index (χ4n) is 2.37. The summed E-state index contributed by atoms with van der Waals surface area (Å²) in [5.74, 6) is 8.26. The Morgan fingerprint density at radius 1 is 1.56 bits per heavy atom. The lowest BCUT2D eigenvalue weighted by atomic mass is 10.1. The Balaban J connectivity index is 2.18. The summed E-state index contributed by atoms with van der Waals surface area (Å²) in [6.07, 6.45) is 2.97. The van der Waals surface area contributed by atoms with Crippen LogP contribution in [0.4, 0.5) is 0 Å². The number of hydrogen-bond donors (Lipinski definition) is 2. The maximum Gasteiger partial charge on any atom is 0.0758 e. The van der Waals surface area contributed by atoms with E-state index in [0.29, 0.717) is 10.5 Å². The number of rotatable bonds is 5. The Hall–Kier alpha value is -0.170. The number of hydrazine groups is 1. The van der Waals surface area contributed by atoms with E-state index in [4.69, 9.17) is 5.84 Å². The van der Waals surface area contributed by atoms with Gasteiger partial charge in [0.2, 0.25) is 0 Å². The van der Waals surface area contributed by atoms with Crippen LogP contribution in [0.15, 0.2) is 12.3 Å². The van der Waals surface area contributed by atoms with Crippen molar-refractivity contribution in [3.05, 3.63) is 18.0 Å². The Morgan fingerprint density at radius 2 is 2.33 bits per heavy atom. The van der Waals surface area contributed by atoms with Gasteiger partial charge in [-0.2, -0.15) is 28.6 Å². The van der Waals surface area contributed by atoms with Gasteiger partial charge in [-0.1, -0.05) is 13.8 Å². The fraction of sp³-hybridized carbons (Fsp3) is 0.750. The second-order valence-corrected chi connectivity index (χ2v) is 7.31. The SMILES string of the molecule is CCCn1nccc1C(NN)C1SCCSC1C. The zero-order valence-electron chi connectivity index (χ0n) is 11.0. The zero-order valence-corrected chi connectivity index (χ0v) is 12.6. The molecule has 0 spiro atoms. The van der Waals surface area contributed by atoms with Crippen LogP contribution < -0.4 is 11.3 Å². The number of thioether (sulfide) groups is 2. The molecule has 3 N–H and O–H groups in total. The largest absolute Gasteiger partial charge is 0.271 e. The normalized spacial score (nSPS) is 26.2. The molecule has 0 amide bonds. The van der Waals surface area contributed by atoms with E-state index in [1.807, 2.05) is 29.7 Å². The molecule has 0 bridgehead atoms. The predicted octanol–water partition coefficient (Wildman–Crippen LogP) is 2.03. The summed E-state index contributed by atoms with van der Waals surface area (Å²) in [6, 6.07) is 2.28. The number of nitrogens with zero attached hydrogens (tertiary/aromatic N) is 2. The number of nitrogens with two attached hydrogens (primary N) is 1. The van der Waals surface area contributed by atoms with E-state index < -0.39 is 0 Å². The number of aryl methyl sites for hydroxylation is 1. The molecule has 1 aliphatic heterocycles. The van der Waals surface area contributed by atoms with Crippen molar-refractivity contribution in [1.29, 1.82) is 0 Å². The molecule has 6 heteroatoms. The molecule has 1 saturated heterocycles. The monoisotopic (exact) mass is 286 g/mol. The lowest BCUT2D eigenvalue weighted by Gasteiger charge is -2.34. The maximum absolute atomic E-state index is 5.81. The first-order chi connectivity index (χ1) is 8.77. The van der Waals surface area contributed by atoms with Gasteiger partial charge in [-0.3, -0.25) is 16.0 Å². The average molecular weight is 286 g/mol. The molecule has 2 rings (SSSR count). The van der Waals surface area contributed by atoms with Crippen molar-refractivity contribution in [1.82, 2.24) is 15.2 Å². The molecular weight excluding hydrogens is 264 g/mol. The van der Waals surface area contributed by atoms with Gasteiger partial charge >= 0.3 is 0 Å². The summed E-state index contributed by atoms with van der Waals surface area (Å²) in [5, 5.41) is 5.53. The van der Waals surface area contributed by atoms with Gasteiger partial charge in [0.05, 0.1) is 11.7 Å². The van der Waals surface area contributed by atoms with Crippen molar-refractivity contribution in [2.45, 2.75) is 43.4 Å². The third-order valence-electron chi connectivity index (χ3n) is 3.25. The zero-order chi connectivity index (χ0) is 13.0. The molecule has 0 radical (unpaired) electrons. The first-order valence-corrected chi connectivity index (χ1v) is 8.58. The Labute approximate surface area is 117 Å². The van der Waals surface area contributed by atoms with Gasteiger partial charge in [-0.15, -0.1) is 0 Å². The van der Waals surface area contributed by atoms with Gasteiger partial charge in [0.1, 0.15) is 0 Å². The molecule has 0 aromatic carbocycles. The lowest BCUT2D eigenvalue weighted by molar-refractivity contribution is 0.465. The van der Waals surface area contributed by atoms with E-state index >= 15 is 0 Å². The molecule has 102 valence electrons. The second kappa shape index (κ2) is 6.84. The summed E-state index contributed by atoms with van der Waals surface area (Å²) < 4.78 is 2.08. The Kier molecular flexibility index (Phi) is 5.41. The van der Waals surface area contributed by atoms with Crippen LogP contribution in [0.3, 0.4) is 0 Å². The van der Waals surface area contributed by atoms with E-state index in [2.05, 4.69) is 35.1 Å². The molecule has 18 heavy (non-hydrogen) atoms. The summed E-state index contributed by atoms with van der Waals surface area (Å²) in [7, 11) is 0. The van der Waals surface area contributed by atoms with Crippen LogP contribution in [0.2, 0.25) is 0 Å². The summed E-state index contributed by atoms with van der Waals surface area (Å²) in [6.45, 7) is 5.43. The van der Waals surface area contributed by atoms with Crippen molar-refractivity contribution in [2.75, 3.05) is 11.5 Å². The van der Waals surface area contributed by atoms with Crippen LogP contribution in [-0.4, -0.2) is 31.8 Å². The van der Waals surface area contributed by atoms with E-state index in [-0.39, 0.29) is 6.04 Å². The standard InChI is InChI=1S/C12H22N4S2/c1-3-6-16-10(4-5-14-16)11(15-13)12-9(2)17-7-8-18-12/h4-5,9,11-12,15H,3,6-8,13H2,1-2H3. The highest BCUT2D eigenvalue weighted by Crippen LogP contribution is 2.38. The van der Waals surface area contributed by atoms with Crippen LogP contribution in [0.1, 0.15) is 32.0 Å². The second-order valence-electron chi connectivity index (χ2n) is 4.53. The molecule has 4 nitrogen and oxygen atoms in total. The van der Waals surface area contributed by atoms with Gasteiger partial charge in [0.15, 0.2) is 0 Å². The minimum absolute atomic E-state index is 0.187. The molecule has 0 aliphatic carbocycles. The van der Waals surface area contributed by atoms with Crippen LogP contribution >= 0.6 is 23.5 Å². The molecule has 2 heterocycles. The van der Waals surface area contributed by atoms with Crippen molar-refractivity contribution >= 4 is 23.5 Å². The van der Waals surface area contributed by atoms with E-state index in [9.17, 15) is 0 Å². The van der Waals surface area contributed by atoms with Crippen molar-refractivity contribution in [2.24, 2.45) is 5.84 Å². The smallest absolute Gasteiger partial charge is 0.0758 e. The van der Waals surface area contributed by atoms with Gasteiger partial charge in [0.25, 0.3) is 0 Å². The number of aromatic nitrogens is 2. The first kappa shape index (κ1) is 14.2. The van der Waals surface area contributed by atoms with Crippen LogP contribution in [-0.2, 0) is 6.54 Å². The summed E-state index contributed by atoms with van der Waals surface area (Å²) in [5.41, 5.74) is 4.22. The Morgan fingerprint density at radius 3 is 3.00 bits per heavy atom. The van der Waals surface area contributed by atoms with Crippen LogP contribution in [0.5, 0.6) is 0 Å². The van der Waals surface area contributed by atoms with Gasteiger partial charge < -0.3 is 0 Å². The highest BCUT2D eigenvalue weighted by molar-refractivity contribution is 8.07. The molecule has 3 atom stereocenters. The highest BCUT2D eigenvalue weighted by Gasteiger charge is 2.32. The van der Waals surface area contributed by atoms with E-state index in [1.165, 1.54) is 17.2 Å². The van der Waals surface area contributed by atoms with Gasteiger partial charge in [-0.25, -0.2) is 0 Å². The molecule has 1 aromatic rings. The lowest BCUT2D eigenvalue weighted by Crippen LogP contribution is -2.42. The number of hydrogen-bond acceptors (Lipinski definition) is 5. The summed E-state index contributed by atoms with van der Waals surface area (Å²) >= 11 is 4.06. The van der Waals surface area contributed by atoms with Crippen LogP contribution in [0.25, 0.3) is 0 Å². The highest BCUT2D eigenvalue weighted by atomic mass is 32.2. The minimum atomic E-state index is 0.187. The molecular formula is C12H22N4S2. The third kappa shape index (κ3) is 3.04. The first-order valence-electron chi connectivity index (χ1n) is 6.49. The average Bonchev–Trinajstić information content (AvgIpc) is 2.82. The van der Waals surface area contributed by atoms with Crippen LogP contribution in [0, 0.1) is 0 Å². The molecule has 1 aliphatic rings. The third-order valence-corrected chi connectivity index (χ3v) is 6.44. The summed E-state index contributed by atoms with van der Waals surface area (Å²) in [4.78, 5) is 0. The molecule has 3 unspecified atom stereocenters. The van der Waals surface area contributed by atoms with Crippen molar-refractivity contribution in [3.8, 4) is 0 Å². The van der Waals surface area contributed by atoms with Crippen molar-refractivity contribution in [3.63, 3.8) is 0 Å². The quantitative estimate of drug-likeness (QED) is 0.641. The fourth-order valence-corrected chi connectivity index (χ4v) is 5.28. The van der Waals surface area contributed by atoms with Gasteiger partial charge in [0, 0.05) is 34.7 Å². The molecule has 1 aromatic heterocycles. The Bertz CT molecular complexity index is 369. The topological polar surface area (TPSA) is 55.9 Å².